The summed E-state index contributed by atoms with van der Waals surface area (Å²) in [6, 6.07) is 0. The summed E-state index contributed by atoms with van der Waals surface area (Å²) < 4.78 is 0. The predicted molar refractivity (Wildman–Crippen MR) is 38.2 cm³/mol. The number of oxime groups is 1. The molecule has 0 radical (unpaired) electrons. The van der Waals surface area contributed by atoms with E-state index in [1.165, 1.54) is 0 Å². The molecule has 0 aliphatic rings. The number of amidine groups is 1. The number of nitrogens with zero attached hydrogens (tertiary/aromatic N) is 1. The third-order valence-corrected chi connectivity index (χ3v) is 0.751. The summed E-state index contributed by atoms with van der Waals surface area (Å²) in [5.74, 6) is -0.290. The van der Waals surface area contributed by atoms with Crippen molar-refractivity contribution < 1.29 is 9.63 Å². The number of carbonyl (C=O) groups excluding carboxylic acids is 1. The lowest BCUT2D eigenvalue weighted by Crippen LogP contribution is -2.12. The van der Waals surface area contributed by atoms with Gasteiger partial charge in [0.15, 0.2) is 0 Å². The van der Waals surface area contributed by atoms with Crippen molar-refractivity contribution in [2.24, 2.45) is 16.8 Å². The summed E-state index contributed by atoms with van der Waals surface area (Å²) in [5.41, 5.74) is 5.11. The van der Waals surface area contributed by atoms with Crippen LogP contribution in [0, 0.1) is 5.92 Å². The molecule has 4 nitrogen and oxygen atoms in total. The van der Waals surface area contributed by atoms with Crippen LogP contribution in [0.25, 0.3) is 0 Å². The van der Waals surface area contributed by atoms with E-state index in [1.807, 2.05) is 0 Å². The number of hydrogen-bond donors (Lipinski definition) is 1. The van der Waals surface area contributed by atoms with Gasteiger partial charge in [0.2, 0.25) is 0 Å². The third-order valence-electron chi connectivity index (χ3n) is 0.751. The summed E-state index contributed by atoms with van der Waals surface area (Å²) in [6.07, 6.45) is 0. The van der Waals surface area contributed by atoms with Crippen molar-refractivity contribution in [1.82, 2.24) is 0 Å². The summed E-state index contributed by atoms with van der Waals surface area (Å²) in [6.45, 7) is 5.00. The average Bonchev–Trinajstić information content (AvgIpc) is 1.82. The van der Waals surface area contributed by atoms with Gasteiger partial charge < -0.3 is 10.6 Å². The Hall–Kier alpha value is -1.06. The first kappa shape index (κ1) is 8.94. The minimum absolute atomic E-state index is 0.164. The molecule has 2 N–H and O–H groups in total. The third kappa shape index (κ3) is 3.88. The molecule has 0 atom stereocenters. The van der Waals surface area contributed by atoms with Crippen molar-refractivity contribution in [3.8, 4) is 0 Å². The van der Waals surface area contributed by atoms with Gasteiger partial charge in [-0.25, -0.2) is 4.79 Å². The first-order valence-electron chi connectivity index (χ1n) is 3.05. The molecule has 58 valence electrons. The van der Waals surface area contributed by atoms with Crippen LogP contribution in [0.1, 0.15) is 20.8 Å². The zero-order valence-electron chi connectivity index (χ0n) is 6.42. The van der Waals surface area contributed by atoms with Gasteiger partial charge in [-0.15, -0.1) is 0 Å². The van der Waals surface area contributed by atoms with Crippen LogP contribution in [-0.4, -0.2) is 11.8 Å². The SMILES string of the molecule is C/C(N)=N/OC(=O)C(C)C. The first-order chi connectivity index (χ1) is 4.54. The smallest absolute Gasteiger partial charge is 0.337 e. The van der Waals surface area contributed by atoms with E-state index in [2.05, 4.69) is 9.99 Å². The standard InChI is InChI=1S/C6H12N2O2/c1-4(2)6(9)10-8-5(3)7/h4H,1-3H3,(H2,7,8). The van der Waals surface area contributed by atoms with Crippen LogP contribution in [0.5, 0.6) is 0 Å². The molecule has 0 aromatic rings. The lowest BCUT2D eigenvalue weighted by atomic mass is 10.2. The molecule has 0 aromatic heterocycles. The predicted octanol–water partition coefficient (Wildman–Crippen LogP) is 0.478. The minimum Gasteiger partial charge on any atom is -0.385 e. The van der Waals surface area contributed by atoms with Crippen molar-refractivity contribution in [2.45, 2.75) is 20.8 Å². The van der Waals surface area contributed by atoms with Crippen LogP contribution in [0.15, 0.2) is 5.16 Å². The van der Waals surface area contributed by atoms with Crippen LogP contribution < -0.4 is 5.73 Å². The highest BCUT2D eigenvalue weighted by atomic mass is 16.7. The van der Waals surface area contributed by atoms with Crippen LogP contribution in [0.2, 0.25) is 0 Å². The molecule has 4 heteroatoms. The number of carbonyl (C=O) groups is 1. The van der Waals surface area contributed by atoms with Gasteiger partial charge in [0.05, 0.1) is 5.92 Å². The van der Waals surface area contributed by atoms with E-state index >= 15 is 0 Å². The van der Waals surface area contributed by atoms with Crippen LogP contribution in [0.3, 0.4) is 0 Å². The zero-order valence-corrected chi connectivity index (χ0v) is 6.42. The second-order valence-corrected chi connectivity index (χ2v) is 2.30. The molecule has 0 heterocycles. The molecule has 0 amide bonds. The van der Waals surface area contributed by atoms with E-state index in [0.717, 1.165) is 0 Å². The van der Waals surface area contributed by atoms with Crippen LogP contribution in [0.4, 0.5) is 0 Å². The highest BCUT2D eigenvalue weighted by molar-refractivity contribution is 5.78. The second kappa shape index (κ2) is 3.87. The molecule has 0 bridgehead atoms. The van der Waals surface area contributed by atoms with Gasteiger partial charge in [0.1, 0.15) is 5.84 Å². The molecule has 0 fully saturated rings. The van der Waals surface area contributed by atoms with Gasteiger partial charge in [0.25, 0.3) is 0 Å². The molecular formula is C6H12N2O2. The maximum Gasteiger partial charge on any atom is 0.337 e. The van der Waals surface area contributed by atoms with Crippen LogP contribution >= 0.6 is 0 Å². The van der Waals surface area contributed by atoms with Crippen molar-refractivity contribution in [3.05, 3.63) is 0 Å². The molecule has 10 heavy (non-hydrogen) atoms. The second-order valence-electron chi connectivity index (χ2n) is 2.30. The quantitative estimate of drug-likeness (QED) is 0.265. The van der Waals surface area contributed by atoms with E-state index in [4.69, 9.17) is 5.73 Å². The fraction of sp³-hybridized carbons (Fsp3) is 0.667. The van der Waals surface area contributed by atoms with Crippen molar-refractivity contribution in [1.29, 1.82) is 0 Å². The summed E-state index contributed by atoms with van der Waals surface area (Å²) >= 11 is 0. The first-order valence-corrected chi connectivity index (χ1v) is 3.05. The molecular weight excluding hydrogens is 132 g/mol. The molecule has 0 saturated heterocycles. The molecule has 0 rings (SSSR count). The maximum atomic E-state index is 10.7. The molecule has 0 unspecified atom stereocenters. The Morgan fingerprint density at radius 3 is 2.40 bits per heavy atom. The Morgan fingerprint density at radius 1 is 1.60 bits per heavy atom. The van der Waals surface area contributed by atoms with Crippen molar-refractivity contribution >= 4 is 11.8 Å². The van der Waals surface area contributed by atoms with Crippen molar-refractivity contribution in [2.75, 3.05) is 0 Å². The topological polar surface area (TPSA) is 64.7 Å². The summed E-state index contributed by atoms with van der Waals surface area (Å²) in [4.78, 5) is 15.1. The fourth-order valence-electron chi connectivity index (χ4n) is 0.222. The van der Waals surface area contributed by atoms with Gasteiger partial charge >= 0.3 is 5.97 Å². The van der Waals surface area contributed by atoms with E-state index in [9.17, 15) is 4.79 Å². The normalized spacial score (nSPS) is 11.8. The Morgan fingerprint density at radius 2 is 2.10 bits per heavy atom. The molecule has 0 aliphatic carbocycles. The zero-order chi connectivity index (χ0) is 8.15. The molecule has 0 saturated carbocycles. The maximum absolute atomic E-state index is 10.7. The van der Waals surface area contributed by atoms with E-state index < -0.39 is 0 Å². The van der Waals surface area contributed by atoms with E-state index in [-0.39, 0.29) is 17.7 Å². The van der Waals surface area contributed by atoms with Gasteiger partial charge in [0, 0.05) is 0 Å². The highest BCUT2D eigenvalue weighted by Gasteiger charge is 2.07. The molecule has 0 aliphatic heterocycles. The number of nitrogens with two attached hydrogens (primary N) is 1. The average molecular weight is 144 g/mol. The Balaban J connectivity index is 3.71. The molecule has 0 aromatic carbocycles. The van der Waals surface area contributed by atoms with Gasteiger partial charge in [-0.05, 0) is 6.92 Å². The summed E-state index contributed by atoms with van der Waals surface area (Å²) in [5, 5.41) is 3.29. The van der Waals surface area contributed by atoms with Crippen molar-refractivity contribution in [3.63, 3.8) is 0 Å². The highest BCUT2D eigenvalue weighted by Crippen LogP contribution is 1.95. The lowest BCUT2D eigenvalue weighted by Gasteiger charge is -1.98. The number of hydrogen-bond acceptors (Lipinski definition) is 3. The van der Waals surface area contributed by atoms with Gasteiger partial charge in [-0.1, -0.05) is 19.0 Å². The summed E-state index contributed by atoms with van der Waals surface area (Å²) in [7, 11) is 0. The van der Waals surface area contributed by atoms with E-state index in [1.54, 1.807) is 20.8 Å². The Labute approximate surface area is 60.0 Å². The number of rotatable bonds is 2. The monoisotopic (exact) mass is 144 g/mol. The van der Waals surface area contributed by atoms with Gasteiger partial charge in [-0.3, -0.25) is 0 Å². The van der Waals surface area contributed by atoms with E-state index in [0.29, 0.717) is 0 Å². The Kier molecular flexibility index (Phi) is 3.46. The van der Waals surface area contributed by atoms with Gasteiger partial charge in [-0.2, -0.15) is 0 Å². The van der Waals surface area contributed by atoms with Crippen LogP contribution in [-0.2, 0) is 9.63 Å². The lowest BCUT2D eigenvalue weighted by molar-refractivity contribution is -0.147. The molecule has 0 spiro atoms. The fourth-order valence-corrected chi connectivity index (χ4v) is 0.222. The largest absolute Gasteiger partial charge is 0.385 e. The Bertz CT molecular complexity index is 148. The minimum atomic E-state index is -0.371.